The van der Waals surface area contributed by atoms with Crippen molar-refractivity contribution in [3.8, 4) is 0 Å². The number of amides is 1. The maximum atomic E-state index is 12.6. The Kier molecular flexibility index (Phi) is 6.18. The summed E-state index contributed by atoms with van der Waals surface area (Å²) >= 11 is 5.85. The SMILES string of the molecule is Cc1ccc(S(=O)(=O)NCc2ccco2)cc1C(=O)NCc1ccc(Cl)cc1. The van der Waals surface area contributed by atoms with Crippen LogP contribution in [-0.4, -0.2) is 14.3 Å². The fourth-order valence-electron chi connectivity index (χ4n) is 2.56. The summed E-state index contributed by atoms with van der Waals surface area (Å²) in [7, 11) is -3.79. The van der Waals surface area contributed by atoms with Crippen LogP contribution in [0.2, 0.25) is 5.02 Å². The van der Waals surface area contributed by atoms with E-state index in [2.05, 4.69) is 10.0 Å². The molecule has 0 saturated carbocycles. The molecule has 0 aliphatic carbocycles. The van der Waals surface area contributed by atoms with Crippen LogP contribution in [0.3, 0.4) is 0 Å². The lowest BCUT2D eigenvalue weighted by Gasteiger charge is -2.11. The molecule has 3 rings (SSSR count). The molecule has 146 valence electrons. The molecule has 0 radical (unpaired) electrons. The second-order valence-corrected chi connectivity index (χ2v) is 8.39. The summed E-state index contributed by atoms with van der Waals surface area (Å²) in [5.41, 5.74) is 1.87. The van der Waals surface area contributed by atoms with Crippen LogP contribution in [0.4, 0.5) is 0 Å². The van der Waals surface area contributed by atoms with Gasteiger partial charge < -0.3 is 9.73 Å². The standard InChI is InChI=1S/C20H19ClN2O4S/c1-14-4-9-18(28(25,26)23-13-17-3-2-10-27-17)11-19(14)20(24)22-12-15-5-7-16(21)8-6-15/h2-11,23H,12-13H2,1H3,(H,22,24). The summed E-state index contributed by atoms with van der Waals surface area (Å²) < 4.78 is 32.6. The van der Waals surface area contributed by atoms with E-state index in [0.717, 1.165) is 5.56 Å². The molecule has 1 heterocycles. The third kappa shape index (κ3) is 5.01. The number of rotatable bonds is 7. The van der Waals surface area contributed by atoms with E-state index in [1.165, 1.54) is 18.4 Å². The van der Waals surface area contributed by atoms with Crippen molar-refractivity contribution in [2.45, 2.75) is 24.9 Å². The molecule has 0 unspecified atom stereocenters. The van der Waals surface area contributed by atoms with E-state index < -0.39 is 10.0 Å². The van der Waals surface area contributed by atoms with Crippen LogP contribution < -0.4 is 10.0 Å². The lowest BCUT2D eigenvalue weighted by Crippen LogP contribution is -2.26. The van der Waals surface area contributed by atoms with Gasteiger partial charge in [-0.3, -0.25) is 4.79 Å². The molecule has 0 atom stereocenters. The average molecular weight is 419 g/mol. The van der Waals surface area contributed by atoms with Crippen LogP contribution in [-0.2, 0) is 23.1 Å². The van der Waals surface area contributed by atoms with Gasteiger partial charge in [-0.15, -0.1) is 0 Å². The lowest BCUT2D eigenvalue weighted by atomic mass is 10.1. The number of sulfonamides is 1. The number of hydrogen-bond acceptors (Lipinski definition) is 4. The Labute approximate surface area is 168 Å². The molecule has 6 nitrogen and oxygen atoms in total. The van der Waals surface area contributed by atoms with Crippen molar-refractivity contribution in [2.75, 3.05) is 0 Å². The molecule has 0 fully saturated rings. The first-order valence-electron chi connectivity index (χ1n) is 8.50. The highest BCUT2D eigenvalue weighted by Gasteiger charge is 2.18. The zero-order valence-electron chi connectivity index (χ0n) is 15.1. The molecule has 1 amide bonds. The molecule has 0 spiro atoms. The minimum absolute atomic E-state index is 0.0151. The van der Waals surface area contributed by atoms with Gasteiger partial charge in [0.1, 0.15) is 5.76 Å². The summed E-state index contributed by atoms with van der Waals surface area (Å²) in [6, 6.07) is 14.9. The monoisotopic (exact) mass is 418 g/mol. The number of hydrogen-bond donors (Lipinski definition) is 2. The molecule has 0 aliphatic rings. The van der Waals surface area contributed by atoms with E-state index >= 15 is 0 Å². The van der Waals surface area contributed by atoms with Gasteiger partial charge in [-0.25, -0.2) is 13.1 Å². The number of halogens is 1. The molecule has 2 N–H and O–H groups in total. The molecule has 2 aromatic carbocycles. The highest BCUT2D eigenvalue weighted by atomic mass is 35.5. The van der Waals surface area contributed by atoms with E-state index in [9.17, 15) is 13.2 Å². The molecular weight excluding hydrogens is 400 g/mol. The minimum atomic E-state index is -3.79. The van der Waals surface area contributed by atoms with Crippen molar-refractivity contribution in [1.29, 1.82) is 0 Å². The summed E-state index contributed by atoms with van der Waals surface area (Å²) in [5, 5.41) is 3.41. The van der Waals surface area contributed by atoms with Crippen LogP contribution in [0.25, 0.3) is 0 Å². The fraction of sp³-hybridized carbons (Fsp3) is 0.150. The van der Waals surface area contributed by atoms with Crippen molar-refractivity contribution in [3.63, 3.8) is 0 Å². The number of aryl methyl sites for hydroxylation is 1. The molecule has 0 aliphatic heterocycles. The lowest BCUT2D eigenvalue weighted by molar-refractivity contribution is 0.0950. The van der Waals surface area contributed by atoms with Crippen LogP contribution in [0.1, 0.15) is 27.2 Å². The van der Waals surface area contributed by atoms with E-state index in [4.69, 9.17) is 16.0 Å². The van der Waals surface area contributed by atoms with Crippen LogP contribution in [0.5, 0.6) is 0 Å². The predicted octanol–water partition coefficient (Wildman–Crippen LogP) is 3.65. The number of nitrogens with one attached hydrogen (secondary N) is 2. The molecular formula is C20H19ClN2O4S. The first-order chi connectivity index (χ1) is 13.3. The smallest absolute Gasteiger partial charge is 0.251 e. The largest absolute Gasteiger partial charge is 0.468 e. The molecule has 1 aromatic heterocycles. The zero-order chi connectivity index (χ0) is 20.1. The first-order valence-corrected chi connectivity index (χ1v) is 10.4. The van der Waals surface area contributed by atoms with E-state index in [0.29, 0.717) is 28.5 Å². The van der Waals surface area contributed by atoms with Gasteiger partial charge >= 0.3 is 0 Å². The second-order valence-electron chi connectivity index (χ2n) is 6.19. The van der Waals surface area contributed by atoms with Crippen molar-refractivity contribution < 1.29 is 17.6 Å². The number of benzene rings is 2. The average Bonchev–Trinajstić information content (AvgIpc) is 3.20. The van der Waals surface area contributed by atoms with Gasteiger partial charge in [-0.05, 0) is 54.4 Å². The van der Waals surface area contributed by atoms with Crippen LogP contribution in [0.15, 0.2) is 70.2 Å². The van der Waals surface area contributed by atoms with Crippen molar-refractivity contribution in [2.24, 2.45) is 0 Å². The Hall–Kier alpha value is -2.61. The zero-order valence-corrected chi connectivity index (χ0v) is 16.7. The van der Waals surface area contributed by atoms with Crippen LogP contribution in [0, 0.1) is 6.92 Å². The van der Waals surface area contributed by atoms with Gasteiger partial charge in [-0.2, -0.15) is 0 Å². The molecule has 8 heteroatoms. The van der Waals surface area contributed by atoms with Crippen molar-refractivity contribution in [1.82, 2.24) is 10.0 Å². The van der Waals surface area contributed by atoms with Crippen molar-refractivity contribution in [3.05, 3.63) is 88.3 Å². The topological polar surface area (TPSA) is 88.4 Å². The highest BCUT2D eigenvalue weighted by Crippen LogP contribution is 2.17. The second kappa shape index (κ2) is 8.60. The fourth-order valence-corrected chi connectivity index (χ4v) is 3.70. The summed E-state index contributed by atoms with van der Waals surface area (Å²) in [4.78, 5) is 12.6. The van der Waals surface area contributed by atoms with Gasteiger partial charge in [0, 0.05) is 17.1 Å². The van der Waals surface area contributed by atoms with Gasteiger partial charge in [0.05, 0.1) is 17.7 Å². The van der Waals surface area contributed by atoms with E-state index in [-0.39, 0.29) is 17.3 Å². The van der Waals surface area contributed by atoms with Crippen molar-refractivity contribution >= 4 is 27.5 Å². The van der Waals surface area contributed by atoms with Gasteiger partial charge in [0.2, 0.25) is 10.0 Å². The maximum absolute atomic E-state index is 12.6. The summed E-state index contributed by atoms with van der Waals surface area (Å²) in [6.07, 6.45) is 1.47. The van der Waals surface area contributed by atoms with Crippen LogP contribution >= 0.6 is 11.6 Å². The molecule has 3 aromatic rings. The Morgan fingerprint density at radius 2 is 1.82 bits per heavy atom. The highest BCUT2D eigenvalue weighted by molar-refractivity contribution is 7.89. The maximum Gasteiger partial charge on any atom is 0.251 e. The van der Waals surface area contributed by atoms with E-state index in [1.807, 2.05) is 12.1 Å². The molecule has 0 bridgehead atoms. The molecule has 0 saturated heterocycles. The quantitative estimate of drug-likeness (QED) is 0.613. The Morgan fingerprint density at radius 3 is 2.50 bits per heavy atom. The Balaban J connectivity index is 1.72. The number of carbonyl (C=O) groups is 1. The Bertz CT molecular complexity index is 1060. The third-order valence-electron chi connectivity index (χ3n) is 4.15. The minimum Gasteiger partial charge on any atom is -0.468 e. The summed E-state index contributed by atoms with van der Waals surface area (Å²) in [5.74, 6) is 0.146. The summed E-state index contributed by atoms with van der Waals surface area (Å²) in [6.45, 7) is 2.09. The number of furan rings is 1. The predicted molar refractivity (Wildman–Crippen MR) is 107 cm³/mol. The normalized spacial score (nSPS) is 11.4. The van der Waals surface area contributed by atoms with Gasteiger partial charge in [0.25, 0.3) is 5.91 Å². The third-order valence-corrected chi connectivity index (χ3v) is 5.80. The van der Waals surface area contributed by atoms with Gasteiger partial charge in [-0.1, -0.05) is 29.8 Å². The number of carbonyl (C=O) groups excluding carboxylic acids is 1. The molecule has 28 heavy (non-hydrogen) atoms. The Morgan fingerprint density at radius 1 is 1.07 bits per heavy atom. The first kappa shape index (κ1) is 20.1. The van der Waals surface area contributed by atoms with Gasteiger partial charge in [0.15, 0.2) is 0 Å². The van der Waals surface area contributed by atoms with E-state index in [1.54, 1.807) is 37.3 Å².